The number of hydrogen-bond acceptors (Lipinski definition) is 2. The van der Waals surface area contributed by atoms with Gasteiger partial charge >= 0.3 is 0 Å². The average molecular weight is 266 g/mol. The summed E-state index contributed by atoms with van der Waals surface area (Å²) >= 11 is 0. The van der Waals surface area contributed by atoms with Crippen LogP contribution in [0.2, 0.25) is 0 Å². The van der Waals surface area contributed by atoms with Crippen LogP contribution in [-0.4, -0.2) is 12.0 Å². The average Bonchev–Trinajstić information content (AvgIpc) is 2.50. The number of pyridine rings is 1. The van der Waals surface area contributed by atoms with E-state index >= 15 is 0 Å². The van der Waals surface area contributed by atoms with Gasteiger partial charge in [0.15, 0.2) is 0 Å². The molecule has 0 saturated carbocycles. The van der Waals surface area contributed by atoms with Crippen LogP contribution in [-0.2, 0) is 0 Å². The minimum absolute atomic E-state index is 0.0415. The van der Waals surface area contributed by atoms with E-state index in [4.69, 9.17) is 0 Å². The van der Waals surface area contributed by atoms with Gasteiger partial charge in [0.2, 0.25) is 0 Å². The first-order valence-corrected chi connectivity index (χ1v) is 6.56. The number of fused-ring (bicyclic) bond motifs is 1. The Labute approximate surface area is 117 Å². The predicted octanol–water partition coefficient (Wildman–Crippen LogP) is 3.68. The van der Waals surface area contributed by atoms with Crippen molar-refractivity contribution in [3.05, 3.63) is 77.7 Å². The fourth-order valence-electron chi connectivity index (χ4n) is 2.38. The van der Waals surface area contributed by atoms with Gasteiger partial charge in [-0.3, -0.25) is 4.98 Å². The molecule has 0 aliphatic heterocycles. The zero-order valence-corrected chi connectivity index (χ0v) is 11.2. The number of para-hydroxylation sites is 1. The van der Waals surface area contributed by atoms with E-state index in [9.17, 15) is 4.39 Å². The quantitative estimate of drug-likeness (QED) is 0.782. The highest BCUT2D eigenvalue weighted by Crippen LogP contribution is 2.22. The summed E-state index contributed by atoms with van der Waals surface area (Å²) < 4.78 is 13.0. The lowest BCUT2D eigenvalue weighted by atomic mass is 10.0. The third-order valence-corrected chi connectivity index (χ3v) is 3.41. The van der Waals surface area contributed by atoms with E-state index in [0.717, 1.165) is 22.2 Å². The van der Waals surface area contributed by atoms with Crippen molar-refractivity contribution in [1.29, 1.82) is 0 Å². The number of hydrogen-bond donors (Lipinski definition) is 1. The maximum atomic E-state index is 13.0. The molecule has 0 aliphatic carbocycles. The lowest BCUT2D eigenvalue weighted by Crippen LogP contribution is -2.18. The molecule has 3 rings (SSSR count). The predicted molar refractivity (Wildman–Crippen MR) is 79.0 cm³/mol. The fraction of sp³-hybridized carbons (Fsp3) is 0.118. The summed E-state index contributed by atoms with van der Waals surface area (Å²) in [7, 11) is 1.88. The van der Waals surface area contributed by atoms with Gasteiger partial charge in [-0.05, 0) is 36.9 Å². The molecule has 2 nitrogen and oxygen atoms in total. The van der Waals surface area contributed by atoms with Gasteiger partial charge in [0.05, 0.1) is 17.3 Å². The van der Waals surface area contributed by atoms with Gasteiger partial charge in [-0.1, -0.05) is 36.4 Å². The summed E-state index contributed by atoms with van der Waals surface area (Å²) in [4.78, 5) is 4.69. The Hall–Kier alpha value is -2.26. The molecular weight excluding hydrogens is 251 g/mol. The van der Waals surface area contributed by atoms with Crippen LogP contribution in [0, 0.1) is 5.82 Å². The summed E-state index contributed by atoms with van der Waals surface area (Å²) in [6, 6.07) is 18.6. The van der Waals surface area contributed by atoms with E-state index in [1.807, 2.05) is 37.4 Å². The molecule has 0 aliphatic rings. The van der Waals surface area contributed by atoms with E-state index in [1.165, 1.54) is 12.1 Å². The van der Waals surface area contributed by atoms with Gasteiger partial charge < -0.3 is 5.32 Å². The van der Waals surface area contributed by atoms with Crippen LogP contribution >= 0.6 is 0 Å². The minimum atomic E-state index is -0.227. The molecule has 0 spiro atoms. The Morgan fingerprint density at radius 2 is 1.70 bits per heavy atom. The second-order valence-electron chi connectivity index (χ2n) is 4.70. The Kier molecular flexibility index (Phi) is 3.44. The van der Waals surface area contributed by atoms with Crippen molar-refractivity contribution in [3.63, 3.8) is 0 Å². The number of halogens is 1. The van der Waals surface area contributed by atoms with Crippen molar-refractivity contribution in [2.45, 2.75) is 6.04 Å². The van der Waals surface area contributed by atoms with E-state index in [-0.39, 0.29) is 11.9 Å². The highest BCUT2D eigenvalue weighted by Gasteiger charge is 2.13. The topological polar surface area (TPSA) is 24.9 Å². The summed E-state index contributed by atoms with van der Waals surface area (Å²) in [5, 5.41) is 4.35. The van der Waals surface area contributed by atoms with Crippen LogP contribution in [0.4, 0.5) is 4.39 Å². The van der Waals surface area contributed by atoms with Gasteiger partial charge in [0, 0.05) is 5.39 Å². The van der Waals surface area contributed by atoms with Crippen molar-refractivity contribution in [3.8, 4) is 0 Å². The van der Waals surface area contributed by atoms with Crippen molar-refractivity contribution < 1.29 is 4.39 Å². The number of aromatic nitrogens is 1. The Balaban J connectivity index is 2.04. The van der Waals surface area contributed by atoms with Crippen molar-refractivity contribution >= 4 is 10.9 Å². The molecule has 0 amide bonds. The smallest absolute Gasteiger partial charge is 0.123 e. The molecule has 2 aromatic carbocycles. The molecule has 3 heteroatoms. The SMILES string of the molecule is CNC(c1ccc(F)cc1)c1ccc2ccccc2n1. The largest absolute Gasteiger partial charge is 0.308 e. The van der Waals surface area contributed by atoms with Crippen LogP contribution < -0.4 is 5.32 Å². The summed E-state index contributed by atoms with van der Waals surface area (Å²) in [6.07, 6.45) is 0. The molecule has 0 fully saturated rings. The highest BCUT2D eigenvalue weighted by atomic mass is 19.1. The van der Waals surface area contributed by atoms with Crippen molar-refractivity contribution in [2.75, 3.05) is 7.05 Å². The Morgan fingerprint density at radius 3 is 2.45 bits per heavy atom. The van der Waals surface area contributed by atoms with Crippen molar-refractivity contribution in [2.24, 2.45) is 0 Å². The molecule has 0 radical (unpaired) electrons. The van der Waals surface area contributed by atoms with Crippen LogP contribution in [0.15, 0.2) is 60.7 Å². The highest BCUT2D eigenvalue weighted by molar-refractivity contribution is 5.78. The molecule has 1 heterocycles. The minimum Gasteiger partial charge on any atom is -0.308 e. The third-order valence-electron chi connectivity index (χ3n) is 3.41. The molecule has 1 atom stereocenters. The summed E-state index contributed by atoms with van der Waals surface area (Å²) in [5.74, 6) is -0.227. The van der Waals surface area contributed by atoms with Crippen LogP contribution in [0.25, 0.3) is 10.9 Å². The first-order valence-electron chi connectivity index (χ1n) is 6.56. The normalized spacial score (nSPS) is 12.5. The lowest BCUT2D eigenvalue weighted by Gasteiger charge is -2.16. The zero-order chi connectivity index (χ0) is 13.9. The van der Waals surface area contributed by atoms with Gasteiger partial charge in [-0.2, -0.15) is 0 Å². The number of benzene rings is 2. The number of rotatable bonds is 3. The monoisotopic (exact) mass is 266 g/mol. The molecule has 1 unspecified atom stereocenters. The van der Waals surface area contributed by atoms with E-state index in [0.29, 0.717) is 0 Å². The van der Waals surface area contributed by atoms with Gasteiger partial charge in [-0.25, -0.2) is 4.39 Å². The second-order valence-corrected chi connectivity index (χ2v) is 4.70. The van der Waals surface area contributed by atoms with Crippen LogP contribution in [0.3, 0.4) is 0 Å². The summed E-state index contributed by atoms with van der Waals surface area (Å²) in [6.45, 7) is 0. The molecule has 100 valence electrons. The third kappa shape index (κ3) is 2.40. The van der Waals surface area contributed by atoms with Crippen LogP contribution in [0.5, 0.6) is 0 Å². The molecule has 20 heavy (non-hydrogen) atoms. The second kappa shape index (κ2) is 5.39. The lowest BCUT2D eigenvalue weighted by molar-refractivity contribution is 0.622. The maximum absolute atomic E-state index is 13.0. The summed E-state index contributed by atoms with van der Waals surface area (Å²) in [5.41, 5.74) is 2.89. The first kappa shape index (κ1) is 12.8. The number of nitrogens with zero attached hydrogens (tertiary/aromatic N) is 1. The molecule has 0 saturated heterocycles. The van der Waals surface area contributed by atoms with Crippen molar-refractivity contribution in [1.82, 2.24) is 10.3 Å². The molecular formula is C17H15FN2. The molecule has 1 aromatic heterocycles. The molecule has 1 N–H and O–H groups in total. The van der Waals surface area contributed by atoms with E-state index in [2.05, 4.69) is 16.4 Å². The Bertz CT molecular complexity index is 722. The van der Waals surface area contributed by atoms with Gasteiger partial charge in [0.1, 0.15) is 5.82 Å². The van der Waals surface area contributed by atoms with Gasteiger partial charge in [0.25, 0.3) is 0 Å². The van der Waals surface area contributed by atoms with E-state index in [1.54, 1.807) is 12.1 Å². The first-order chi connectivity index (χ1) is 9.78. The van der Waals surface area contributed by atoms with Gasteiger partial charge in [-0.15, -0.1) is 0 Å². The van der Waals surface area contributed by atoms with Crippen LogP contribution in [0.1, 0.15) is 17.3 Å². The zero-order valence-electron chi connectivity index (χ0n) is 11.2. The molecule has 0 bridgehead atoms. The maximum Gasteiger partial charge on any atom is 0.123 e. The molecule has 3 aromatic rings. The standard InChI is InChI=1S/C17H15FN2/c1-19-17(13-6-9-14(18)10-7-13)16-11-8-12-4-2-3-5-15(12)20-16/h2-11,17,19H,1H3. The number of nitrogens with one attached hydrogen (secondary N) is 1. The van der Waals surface area contributed by atoms with E-state index < -0.39 is 0 Å². The fourth-order valence-corrected chi connectivity index (χ4v) is 2.38. The Morgan fingerprint density at radius 1 is 0.950 bits per heavy atom.